The Morgan fingerprint density at radius 2 is 2.28 bits per heavy atom. The summed E-state index contributed by atoms with van der Waals surface area (Å²) in [6.07, 6.45) is 1.57. The second-order valence-corrected chi connectivity index (χ2v) is 6.31. The molecule has 8 nitrogen and oxygen atoms in total. The van der Waals surface area contributed by atoms with Gasteiger partial charge in [-0.05, 0) is 26.1 Å². The highest BCUT2D eigenvalue weighted by Gasteiger charge is 2.33. The molecule has 2 aromatic rings. The first-order chi connectivity index (χ1) is 12.0. The molecule has 0 saturated carbocycles. The maximum atomic E-state index is 12.4. The number of hydrogen-bond acceptors (Lipinski definition) is 6. The maximum absolute atomic E-state index is 12.4. The number of nitrogens with zero attached hydrogens (tertiary/aromatic N) is 3. The number of morpholine rings is 1. The van der Waals surface area contributed by atoms with E-state index in [9.17, 15) is 4.79 Å². The van der Waals surface area contributed by atoms with Crippen molar-refractivity contribution in [1.29, 1.82) is 0 Å². The third kappa shape index (κ3) is 3.60. The Balaban J connectivity index is 1.71. The molecule has 0 radical (unpaired) electrons. The van der Waals surface area contributed by atoms with E-state index in [1.807, 2.05) is 24.8 Å². The third-order valence-electron chi connectivity index (χ3n) is 4.56. The van der Waals surface area contributed by atoms with Gasteiger partial charge in [0.05, 0.1) is 24.4 Å². The third-order valence-corrected chi connectivity index (χ3v) is 4.56. The number of aryl methyl sites for hydroxylation is 2. The van der Waals surface area contributed by atoms with Crippen molar-refractivity contribution in [1.82, 2.24) is 20.0 Å². The highest BCUT2D eigenvalue weighted by atomic mass is 16.5. The predicted octanol–water partition coefficient (Wildman–Crippen LogP) is 0.616. The predicted molar refractivity (Wildman–Crippen MR) is 90.0 cm³/mol. The van der Waals surface area contributed by atoms with E-state index in [4.69, 9.17) is 14.3 Å². The fourth-order valence-corrected chi connectivity index (χ4v) is 3.25. The van der Waals surface area contributed by atoms with Gasteiger partial charge in [-0.15, -0.1) is 0 Å². The number of rotatable bonds is 5. The average Bonchev–Trinajstić information content (AvgIpc) is 3.18. The van der Waals surface area contributed by atoms with Gasteiger partial charge in [0.2, 0.25) is 0 Å². The zero-order chi connectivity index (χ0) is 18.0. The minimum absolute atomic E-state index is 0.00671. The van der Waals surface area contributed by atoms with Crippen molar-refractivity contribution in [2.75, 3.05) is 26.7 Å². The van der Waals surface area contributed by atoms with E-state index in [1.54, 1.807) is 19.2 Å². The molecule has 2 N–H and O–H groups in total. The summed E-state index contributed by atoms with van der Waals surface area (Å²) in [7, 11) is 3.94. The van der Waals surface area contributed by atoms with Crippen LogP contribution in [-0.4, -0.2) is 58.5 Å². The highest BCUT2D eigenvalue weighted by Crippen LogP contribution is 2.27. The van der Waals surface area contributed by atoms with E-state index in [0.29, 0.717) is 24.5 Å². The van der Waals surface area contributed by atoms with E-state index in [0.717, 1.165) is 12.2 Å². The number of carbonyl (C=O) groups is 1. The Hall–Kier alpha value is -2.16. The van der Waals surface area contributed by atoms with Crippen LogP contribution in [0.2, 0.25) is 0 Å². The number of aliphatic hydroxyl groups is 1. The molecule has 1 aliphatic rings. The lowest BCUT2D eigenvalue weighted by Crippen LogP contribution is -2.48. The van der Waals surface area contributed by atoms with Crippen LogP contribution in [0.25, 0.3) is 0 Å². The van der Waals surface area contributed by atoms with E-state index in [-0.39, 0.29) is 30.4 Å². The number of hydrogen-bond donors (Lipinski definition) is 2. The van der Waals surface area contributed by atoms with E-state index in [1.165, 1.54) is 0 Å². The maximum Gasteiger partial charge on any atom is 0.287 e. The first kappa shape index (κ1) is 17.7. The lowest BCUT2D eigenvalue weighted by Gasteiger charge is -2.39. The molecule has 8 heteroatoms. The zero-order valence-corrected chi connectivity index (χ0v) is 14.7. The van der Waals surface area contributed by atoms with Crippen LogP contribution in [0, 0.1) is 6.92 Å². The second-order valence-electron chi connectivity index (χ2n) is 6.31. The van der Waals surface area contributed by atoms with Crippen LogP contribution in [0.1, 0.15) is 33.6 Å². The number of aliphatic hydroxyl groups excluding tert-OH is 1. The Kier molecular flexibility index (Phi) is 5.22. The van der Waals surface area contributed by atoms with Gasteiger partial charge in [-0.3, -0.25) is 14.4 Å². The molecule has 3 heterocycles. The number of amides is 1. The topological polar surface area (TPSA) is 92.8 Å². The van der Waals surface area contributed by atoms with Gasteiger partial charge in [0.25, 0.3) is 5.91 Å². The summed E-state index contributed by atoms with van der Waals surface area (Å²) >= 11 is 0. The molecule has 0 aliphatic carbocycles. The quantitative estimate of drug-likeness (QED) is 0.823. The van der Waals surface area contributed by atoms with Crippen molar-refractivity contribution < 1.29 is 19.1 Å². The molecule has 3 rings (SSSR count). The van der Waals surface area contributed by atoms with Gasteiger partial charge in [0.15, 0.2) is 5.76 Å². The minimum Gasteiger partial charge on any atom is -0.453 e. The van der Waals surface area contributed by atoms with Crippen molar-refractivity contribution in [3.05, 3.63) is 41.1 Å². The molecule has 0 spiro atoms. The van der Waals surface area contributed by atoms with Gasteiger partial charge in [-0.2, -0.15) is 5.10 Å². The Morgan fingerprint density at radius 1 is 1.48 bits per heavy atom. The molecule has 2 aromatic heterocycles. The summed E-state index contributed by atoms with van der Waals surface area (Å²) in [6, 6.07) is 3.64. The van der Waals surface area contributed by atoms with Crippen LogP contribution in [0.3, 0.4) is 0 Å². The summed E-state index contributed by atoms with van der Waals surface area (Å²) in [6.45, 7) is 3.33. The monoisotopic (exact) mass is 348 g/mol. The normalized spacial score (nSPS) is 21.4. The number of likely N-dealkylation sites (N-methyl/N-ethyl adjacent to an activating group) is 1. The van der Waals surface area contributed by atoms with E-state index in [2.05, 4.69) is 15.3 Å². The Bertz CT molecular complexity index is 739. The molecule has 1 saturated heterocycles. The van der Waals surface area contributed by atoms with Crippen molar-refractivity contribution >= 4 is 5.91 Å². The largest absolute Gasteiger partial charge is 0.453 e. The van der Waals surface area contributed by atoms with Crippen molar-refractivity contribution in [3.63, 3.8) is 0 Å². The first-order valence-corrected chi connectivity index (χ1v) is 8.29. The SMILES string of the molecule is Cc1cc(CO)oc1C(=O)NC[C@@H]1OCCN(C)[C@H]1c1ccnn1C. The number of furan rings is 1. The highest BCUT2D eigenvalue weighted by molar-refractivity contribution is 5.92. The van der Waals surface area contributed by atoms with Crippen LogP contribution in [-0.2, 0) is 18.4 Å². The van der Waals surface area contributed by atoms with Crippen LogP contribution < -0.4 is 5.32 Å². The second kappa shape index (κ2) is 7.38. The summed E-state index contributed by atoms with van der Waals surface area (Å²) in [4.78, 5) is 14.6. The Morgan fingerprint density at radius 3 is 2.92 bits per heavy atom. The van der Waals surface area contributed by atoms with Gasteiger partial charge in [-0.25, -0.2) is 0 Å². The first-order valence-electron chi connectivity index (χ1n) is 8.29. The van der Waals surface area contributed by atoms with Crippen molar-refractivity contribution in [2.24, 2.45) is 7.05 Å². The fourth-order valence-electron chi connectivity index (χ4n) is 3.25. The lowest BCUT2D eigenvalue weighted by molar-refractivity contribution is -0.0629. The van der Waals surface area contributed by atoms with Gasteiger partial charge in [0, 0.05) is 31.9 Å². The molecule has 136 valence electrons. The Labute approximate surface area is 146 Å². The average molecular weight is 348 g/mol. The van der Waals surface area contributed by atoms with Crippen LogP contribution >= 0.6 is 0 Å². The van der Waals surface area contributed by atoms with Crippen LogP contribution in [0.15, 0.2) is 22.7 Å². The standard InChI is InChI=1S/C17H24N4O4/c1-11-8-12(10-22)25-16(11)17(23)18-9-14-15(20(2)6-7-24-14)13-4-5-19-21(13)3/h4-5,8,14-15,22H,6-7,9-10H2,1-3H3,(H,18,23)/t14-,15-/m0/s1. The molecule has 1 amide bonds. The number of nitrogens with one attached hydrogen (secondary N) is 1. The van der Waals surface area contributed by atoms with Gasteiger partial charge >= 0.3 is 0 Å². The lowest BCUT2D eigenvalue weighted by atomic mass is 10.0. The van der Waals surface area contributed by atoms with Crippen LogP contribution in [0.4, 0.5) is 0 Å². The molecule has 25 heavy (non-hydrogen) atoms. The van der Waals surface area contributed by atoms with Crippen LogP contribution in [0.5, 0.6) is 0 Å². The smallest absolute Gasteiger partial charge is 0.287 e. The summed E-state index contributed by atoms with van der Waals surface area (Å²) in [5, 5.41) is 16.2. The van der Waals surface area contributed by atoms with Crippen molar-refractivity contribution in [2.45, 2.75) is 25.7 Å². The molecule has 2 atom stereocenters. The molecular weight excluding hydrogens is 324 g/mol. The minimum atomic E-state index is -0.308. The van der Waals surface area contributed by atoms with Gasteiger partial charge < -0.3 is 19.6 Å². The summed E-state index contributed by atoms with van der Waals surface area (Å²) in [5.74, 6) is 0.298. The molecule has 0 aromatic carbocycles. The van der Waals surface area contributed by atoms with Gasteiger partial charge in [0.1, 0.15) is 12.4 Å². The van der Waals surface area contributed by atoms with Gasteiger partial charge in [-0.1, -0.05) is 0 Å². The van der Waals surface area contributed by atoms with E-state index >= 15 is 0 Å². The molecular formula is C17H24N4O4. The van der Waals surface area contributed by atoms with Crippen molar-refractivity contribution in [3.8, 4) is 0 Å². The molecule has 1 fully saturated rings. The number of aromatic nitrogens is 2. The molecule has 0 unspecified atom stereocenters. The molecule has 1 aliphatic heterocycles. The summed E-state index contributed by atoms with van der Waals surface area (Å²) < 4.78 is 13.1. The summed E-state index contributed by atoms with van der Waals surface area (Å²) in [5.41, 5.74) is 1.74. The zero-order valence-electron chi connectivity index (χ0n) is 14.7. The number of ether oxygens (including phenoxy) is 1. The van der Waals surface area contributed by atoms with E-state index < -0.39 is 0 Å². The molecule has 0 bridgehead atoms. The number of carbonyl (C=O) groups excluding carboxylic acids is 1. The fraction of sp³-hybridized carbons (Fsp3) is 0.529.